The Kier molecular flexibility index (Phi) is 23.3. The highest BCUT2D eigenvalue weighted by Crippen LogP contribution is 2.38. The summed E-state index contributed by atoms with van der Waals surface area (Å²) < 4.78 is 12.3. The molecule has 0 aliphatic carbocycles. The Morgan fingerprint density at radius 2 is 1.09 bits per heavy atom. The molecule has 1 aliphatic rings. The van der Waals surface area contributed by atoms with Crippen LogP contribution in [0.3, 0.4) is 0 Å². The van der Waals surface area contributed by atoms with E-state index in [2.05, 4.69) is 57.9 Å². The molecule has 266 valence electrons. The fourth-order valence-electron chi connectivity index (χ4n) is 3.62. The van der Waals surface area contributed by atoms with Crippen molar-refractivity contribution < 1.29 is 9.31 Å². The quantitative estimate of drug-likeness (QED) is 0.228. The molecule has 0 saturated carbocycles. The maximum absolute atomic E-state index is 5.71. The van der Waals surface area contributed by atoms with Crippen LogP contribution in [0.5, 0.6) is 0 Å². The summed E-state index contributed by atoms with van der Waals surface area (Å²) in [6, 6.07) is 11.7. The van der Waals surface area contributed by atoms with Gasteiger partial charge in [-0.3, -0.25) is 0 Å². The monoisotopic (exact) mass is 716 g/mol. The topological polar surface area (TPSA) is 135 Å². The molecule has 0 spiro atoms. The van der Waals surface area contributed by atoms with Crippen molar-refractivity contribution in [2.24, 2.45) is 0 Å². The zero-order chi connectivity index (χ0) is 33.3. The summed E-state index contributed by atoms with van der Waals surface area (Å²) in [7, 11) is -0.241. The van der Waals surface area contributed by atoms with E-state index in [1.807, 2.05) is 98.7 Å². The number of hydrogen-bond acceptors (Lipinski definition) is 8. The van der Waals surface area contributed by atoms with Crippen molar-refractivity contribution in [3.63, 3.8) is 0 Å². The van der Waals surface area contributed by atoms with Crippen LogP contribution in [-0.4, -0.2) is 33.3 Å². The summed E-state index contributed by atoms with van der Waals surface area (Å²) in [5.41, 5.74) is 23.2. The van der Waals surface area contributed by atoms with E-state index in [1.54, 1.807) is 0 Å². The van der Waals surface area contributed by atoms with E-state index in [0.29, 0.717) is 23.4 Å². The third-order valence-electron chi connectivity index (χ3n) is 6.91. The Hall–Kier alpha value is -3.21. The molecule has 3 aromatic heterocycles. The molecule has 0 amide bonds. The predicted molar refractivity (Wildman–Crippen MR) is 214 cm³/mol. The minimum Gasteiger partial charge on any atom is -0.400 e. The van der Waals surface area contributed by atoms with E-state index in [1.165, 1.54) is 0 Å². The molecule has 1 aliphatic heterocycles. The van der Waals surface area contributed by atoms with Gasteiger partial charge in [-0.05, 0) is 126 Å². The lowest BCUT2D eigenvalue weighted by Crippen LogP contribution is -2.41. The average molecular weight is 718 g/mol. The Bertz CT molecular complexity index is 1390. The van der Waals surface area contributed by atoms with Crippen LogP contribution in [0, 0.1) is 20.8 Å². The predicted octanol–water partition coefficient (Wildman–Crippen LogP) is 10.6. The number of pyridine rings is 3. The number of allylic oxidation sites excluding steroid dienone is 2. The standard InChI is InChI=1S/C9H17BO2.C9H14N2.C9H12N2.C6H7BrN2.4CH4/c1-7(2)10-11-8(3,4)9(5,6)12-10;2*1-6(2)8-5-4-7(3)11-9(8)10;1-4-2-3-5(7)6(8)9-4;;;;/h1H2,2-6H3;4-6H,1-3H3,(H2,10,11);4-5H,1H2,2-3H3,(H2,10,11);2-3H,1H3,(H2,8,9);4*1H4. The summed E-state index contributed by atoms with van der Waals surface area (Å²) in [6.45, 7) is 29.6. The molecule has 0 aromatic carbocycles. The van der Waals surface area contributed by atoms with Crippen LogP contribution in [0.2, 0.25) is 0 Å². The molecule has 8 nitrogen and oxygen atoms in total. The Balaban J connectivity index is -0.000000256. The lowest BCUT2D eigenvalue weighted by molar-refractivity contribution is 0.00578. The van der Waals surface area contributed by atoms with Crippen molar-refractivity contribution in [3.8, 4) is 0 Å². The van der Waals surface area contributed by atoms with Gasteiger partial charge in [0.25, 0.3) is 0 Å². The van der Waals surface area contributed by atoms with E-state index in [-0.39, 0.29) is 48.0 Å². The molecule has 3 aromatic rings. The van der Waals surface area contributed by atoms with Crippen molar-refractivity contribution >= 4 is 46.1 Å². The van der Waals surface area contributed by atoms with Crippen molar-refractivity contribution in [1.29, 1.82) is 0 Å². The Labute approximate surface area is 297 Å². The summed E-state index contributed by atoms with van der Waals surface area (Å²) in [4.78, 5) is 12.3. The molecule has 6 N–H and O–H groups in total. The molecule has 1 fully saturated rings. The first-order valence-electron chi connectivity index (χ1n) is 14.2. The maximum atomic E-state index is 5.71. The number of rotatable bonds is 3. The zero-order valence-electron chi connectivity index (χ0n) is 27.8. The van der Waals surface area contributed by atoms with Gasteiger partial charge in [0.2, 0.25) is 0 Å². The van der Waals surface area contributed by atoms with Gasteiger partial charge in [-0.2, -0.15) is 0 Å². The number of nitrogens with two attached hydrogens (primary N) is 3. The highest BCUT2D eigenvalue weighted by molar-refractivity contribution is 9.10. The number of nitrogen functional groups attached to an aromatic ring is 3. The lowest BCUT2D eigenvalue weighted by atomic mass is 9.81. The molecule has 0 bridgehead atoms. The second-order valence-electron chi connectivity index (χ2n) is 12.0. The smallest absolute Gasteiger partial charge is 0.400 e. The van der Waals surface area contributed by atoms with E-state index >= 15 is 0 Å². The minimum atomic E-state index is -0.241. The van der Waals surface area contributed by atoms with Crippen LogP contribution in [0.15, 0.2) is 59.5 Å². The van der Waals surface area contributed by atoms with Crippen LogP contribution >= 0.6 is 15.9 Å². The van der Waals surface area contributed by atoms with Gasteiger partial charge in [-0.15, -0.1) is 6.58 Å². The third kappa shape index (κ3) is 16.0. The highest BCUT2D eigenvalue weighted by atomic mass is 79.9. The van der Waals surface area contributed by atoms with Gasteiger partial charge in [0.05, 0.1) is 15.7 Å². The second kappa shape index (κ2) is 21.6. The molecule has 0 atom stereocenters. The first kappa shape index (κ1) is 50.6. The summed E-state index contributed by atoms with van der Waals surface area (Å²) in [5.74, 6) is 2.25. The van der Waals surface area contributed by atoms with Crippen molar-refractivity contribution in [1.82, 2.24) is 15.0 Å². The second-order valence-corrected chi connectivity index (χ2v) is 12.9. The number of aromatic nitrogens is 3. The number of hydrogen-bond donors (Lipinski definition) is 3. The van der Waals surface area contributed by atoms with E-state index < -0.39 is 0 Å². The van der Waals surface area contributed by atoms with Crippen molar-refractivity contribution in [2.75, 3.05) is 17.2 Å². The number of nitrogens with zero attached hydrogens (tertiary/aromatic N) is 3. The molecule has 1 saturated heterocycles. The first-order chi connectivity index (χ1) is 19.7. The van der Waals surface area contributed by atoms with Crippen LogP contribution in [0.25, 0.3) is 5.57 Å². The molecule has 10 heteroatoms. The normalized spacial score (nSPS) is 13.2. The molecule has 4 rings (SSSR count). The van der Waals surface area contributed by atoms with Gasteiger partial charge in [-0.1, -0.05) is 61.7 Å². The van der Waals surface area contributed by atoms with Gasteiger partial charge in [0.1, 0.15) is 17.5 Å². The lowest BCUT2D eigenvalue weighted by Gasteiger charge is -2.32. The minimum absolute atomic E-state index is 0. The third-order valence-corrected chi connectivity index (χ3v) is 7.58. The Morgan fingerprint density at radius 3 is 1.38 bits per heavy atom. The van der Waals surface area contributed by atoms with Crippen LogP contribution in [-0.2, 0) is 9.31 Å². The van der Waals surface area contributed by atoms with Crippen molar-refractivity contribution in [2.45, 2.75) is 123 Å². The molecule has 4 heterocycles. The molecule has 47 heavy (non-hydrogen) atoms. The number of halogens is 1. The molecule has 0 unspecified atom stereocenters. The Morgan fingerprint density at radius 1 is 0.702 bits per heavy atom. The average Bonchev–Trinajstić information content (AvgIpc) is 3.09. The van der Waals surface area contributed by atoms with Crippen LogP contribution in [0.4, 0.5) is 17.5 Å². The fourth-order valence-corrected chi connectivity index (χ4v) is 3.84. The maximum Gasteiger partial charge on any atom is 0.489 e. The van der Waals surface area contributed by atoms with Crippen LogP contribution in [0.1, 0.15) is 119 Å². The van der Waals surface area contributed by atoms with Gasteiger partial charge >= 0.3 is 7.12 Å². The van der Waals surface area contributed by atoms with E-state index in [9.17, 15) is 0 Å². The summed E-state index contributed by atoms with van der Waals surface area (Å²) in [6.07, 6.45) is 0. The van der Waals surface area contributed by atoms with Gasteiger partial charge in [0, 0.05) is 22.6 Å². The van der Waals surface area contributed by atoms with Gasteiger partial charge in [-0.25, -0.2) is 15.0 Å². The first-order valence-corrected chi connectivity index (χ1v) is 15.0. The van der Waals surface area contributed by atoms with E-state index in [0.717, 1.165) is 43.7 Å². The fraction of sp³-hybridized carbons (Fsp3) is 0.486. The van der Waals surface area contributed by atoms with E-state index in [4.69, 9.17) is 26.5 Å². The summed E-state index contributed by atoms with van der Waals surface area (Å²) in [5, 5.41) is 0. The van der Waals surface area contributed by atoms with Gasteiger partial charge < -0.3 is 26.5 Å². The van der Waals surface area contributed by atoms with Crippen molar-refractivity contribution in [3.05, 3.63) is 87.7 Å². The number of anilines is 3. The summed E-state index contributed by atoms with van der Waals surface area (Å²) >= 11 is 3.24. The van der Waals surface area contributed by atoms with Crippen LogP contribution < -0.4 is 17.2 Å². The molecule has 0 radical (unpaired) electrons. The largest absolute Gasteiger partial charge is 0.489 e. The number of aryl methyl sites for hydroxylation is 3. The molecular formula is C37H66BBrN6O2. The zero-order valence-corrected chi connectivity index (χ0v) is 29.4. The molecular weight excluding hydrogens is 651 g/mol. The SMILES string of the molecule is C.C.C.C.C=C(C)B1OC(C)(C)C(C)(C)O1.C=C(C)c1ccc(C)nc1N.Cc1ccc(Br)c(N)n1.Cc1ccc(C(C)C)c(N)n1. The highest BCUT2D eigenvalue weighted by Gasteiger charge is 2.51. The van der Waals surface area contributed by atoms with Gasteiger partial charge in [0.15, 0.2) is 0 Å².